The highest BCUT2D eigenvalue weighted by molar-refractivity contribution is 5.51. The second-order valence-electron chi connectivity index (χ2n) is 4.44. The molecule has 3 heteroatoms. The average Bonchev–Trinajstić information content (AvgIpc) is 2.40. The van der Waals surface area contributed by atoms with Crippen LogP contribution in [0.25, 0.3) is 0 Å². The highest BCUT2D eigenvalue weighted by Crippen LogP contribution is 2.22. The Labute approximate surface area is 104 Å². The summed E-state index contributed by atoms with van der Waals surface area (Å²) in [5.41, 5.74) is 1.27. The number of hydrogen-bond donors (Lipinski definition) is 1. The Kier molecular flexibility index (Phi) is 4.26. The first-order valence-corrected chi connectivity index (χ1v) is 6.54. The number of nitrogens with zero attached hydrogens (tertiary/aromatic N) is 1. The van der Waals surface area contributed by atoms with E-state index in [-0.39, 0.29) is 0 Å². The highest BCUT2D eigenvalue weighted by Gasteiger charge is 2.18. The third kappa shape index (κ3) is 3.13. The van der Waals surface area contributed by atoms with Crippen LogP contribution >= 0.6 is 0 Å². The maximum Gasteiger partial charge on any atom is 0.121 e. The average molecular weight is 234 g/mol. The Morgan fingerprint density at radius 3 is 3.06 bits per heavy atom. The van der Waals surface area contributed by atoms with Gasteiger partial charge in [-0.05, 0) is 25.5 Å². The number of nitrogens with one attached hydrogen (secondary N) is 1. The van der Waals surface area contributed by atoms with Crippen molar-refractivity contribution in [1.82, 2.24) is 5.32 Å². The summed E-state index contributed by atoms with van der Waals surface area (Å²) >= 11 is 0. The van der Waals surface area contributed by atoms with Crippen LogP contribution in [0.5, 0.6) is 5.75 Å². The summed E-state index contributed by atoms with van der Waals surface area (Å²) in [6.07, 6.45) is 1.18. The molecule has 1 unspecified atom stereocenters. The molecule has 0 amide bonds. The van der Waals surface area contributed by atoms with E-state index in [0.717, 1.165) is 32.0 Å². The summed E-state index contributed by atoms with van der Waals surface area (Å²) < 4.78 is 5.55. The fourth-order valence-electron chi connectivity index (χ4n) is 2.27. The van der Waals surface area contributed by atoms with Gasteiger partial charge in [0.15, 0.2) is 0 Å². The first kappa shape index (κ1) is 12.2. The number of ether oxygens (including phenoxy) is 1. The van der Waals surface area contributed by atoms with E-state index in [1.807, 2.05) is 13.0 Å². The lowest BCUT2D eigenvalue weighted by molar-refractivity contribution is 0.340. The first-order valence-electron chi connectivity index (χ1n) is 6.54. The minimum Gasteiger partial charge on any atom is -0.494 e. The molecule has 1 aromatic rings. The quantitative estimate of drug-likeness (QED) is 0.865. The van der Waals surface area contributed by atoms with Crippen molar-refractivity contribution < 1.29 is 4.74 Å². The highest BCUT2D eigenvalue weighted by atomic mass is 16.5. The number of hydrogen-bond acceptors (Lipinski definition) is 3. The molecule has 0 aromatic heterocycles. The van der Waals surface area contributed by atoms with Gasteiger partial charge in [0.05, 0.1) is 6.61 Å². The van der Waals surface area contributed by atoms with Crippen molar-refractivity contribution in [2.24, 2.45) is 0 Å². The number of anilines is 1. The summed E-state index contributed by atoms with van der Waals surface area (Å²) in [6, 6.07) is 9.01. The van der Waals surface area contributed by atoms with Gasteiger partial charge in [0, 0.05) is 37.4 Å². The number of benzene rings is 1. The lowest BCUT2D eigenvalue weighted by Crippen LogP contribution is -2.50. The van der Waals surface area contributed by atoms with Gasteiger partial charge >= 0.3 is 0 Å². The molecule has 0 saturated carbocycles. The molecule has 1 aliphatic heterocycles. The van der Waals surface area contributed by atoms with E-state index in [1.165, 1.54) is 12.1 Å². The van der Waals surface area contributed by atoms with Crippen LogP contribution in [0, 0.1) is 0 Å². The summed E-state index contributed by atoms with van der Waals surface area (Å²) in [5, 5.41) is 3.54. The molecular weight excluding hydrogens is 212 g/mol. The monoisotopic (exact) mass is 234 g/mol. The van der Waals surface area contributed by atoms with Gasteiger partial charge < -0.3 is 15.0 Å². The molecule has 3 nitrogen and oxygen atoms in total. The van der Waals surface area contributed by atoms with Crippen LogP contribution in [-0.2, 0) is 0 Å². The zero-order valence-electron chi connectivity index (χ0n) is 10.8. The van der Waals surface area contributed by atoms with Gasteiger partial charge in [0.1, 0.15) is 5.75 Å². The maximum atomic E-state index is 5.55. The fraction of sp³-hybridized carbons (Fsp3) is 0.571. The molecule has 94 valence electrons. The van der Waals surface area contributed by atoms with Gasteiger partial charge in [-0.15, -0.1) is 0 Å². The van der Waals surface area contributed by atoms with Crippen LogP contribution in [-0.4, -0.2) is 32.3 Å². The van der Waals surface area contributed by atoms with Crippen molar-refractivity contribution in [3.63, 3.8) is 0 Å². The zero-order valence-corrected chi connectivity index (χ0v) is 10.8. The Bertz CT molecular complexity index is 354. The third-order valence-corrected chi connectivity index (χ3v) is 3.24. The molecule has 1 fully saturated rings. The standard InChI is InChI=1S/C14H22N2O/c1-3-12-11-16(9-8-15-12)13-6-5-7-14(10-13)17-4-2/h5-7,10,12,15H,3-4,8-9,11H2,1-2H3. The normalized spacial score (nSPS) is 20.4. The molecule has 1 aliphatic rings. The van der Waals surface area contributed by atoms with Crippen molar-refractivity contribution in [1.29, 1.82) is 0 Å². The van der Waals surface area contributed by atoms with Gasteiger partial charge in [0.25, 0.3) is 0 Å². The Hall–Kier alpha value is -1.22. The second kappa shape index (κ2) is 5.92. The van der Waals surface area contributed by atoms with E-state index in [9.17, 15) is 0 Å². The van der Waals surface area contributed by atoms with Gasteiger partial charge in [-0.25, -0.2) is 0 Å². The molecule has 0 spiro atoms. The molecule has 1 atom stereocenters. The number of rotatable bonds is 4. The third-order valence-electron chi connectivity index (χ3n) is 3.24. The van der Waals surface area contributed by atoms with Crippen LogP contribution in [0.1, 0.15) is 20.3 Å². The Morgan fingerprint density at radius 2 is 2.29 bits per heavy atom. The van der Waals surface area contributed by atoms with Crippen molar-refractivity contribution in [3.8, 4) is 5.75 Å². The van der Waals surface area contributed by atoms with Gasteiger partial charge in [-0.2, -0.15) is 0 Å². The molecule has 0 aliphatic carbocycles. The minimum absolute atomic E-state index is 0.611. The van der Waals surface area contributed by atoms with Gasteiger partial charge in [0.2, 0.25) is 0 Å². The predicted octanol–water partition coefficient (Wildman–Crippen LogP) is 2.27. The van der Waals surface area contributed by atoms with Gasteiger partial charge in [-0.1, -0.05) is 13.0 Å². The molecule has 2 rings (SSSR count). The van der Waals surface area contributed by atoms with E-state index >= 15 is 0 Å². The van der Waals surface area contributed by atoms with Crippen molar-refractivity contribution in [2.75, 3.05) is 31.1 Å². The molecule has 1 N–H and O–H groups in total. The van der Waals surface area contributed by atoms with Crippen molar-refractivity contribution in [2.45, 2.75) is 26.3 Å². The lowest BCUT2D eigenvalue weighted by atomic mass is 10.1. The molecule has 1 aromatic carbocycles. The molecule has 0 bridgehead atoms. The summed E-state index contributed by atoms with van der Waals surface area (Å²) in [6.45, 7) is 8.21. The molecule has 1 heterocycles. The largest absolute Gasteiger partial charge is 0.494 e. The predicted molar refractivity (Wildman–Crippen MR) is 71.9 cm³/mol. The van der Waals surface area contributed by atoms with Crippen molar-refractivity contribution >= 4 is 5.69 Å². The maximum absolute atomic E-state index is 5.55. The van der Waals surface area contributed by atoms with Crippen LogP contribution in [0.4, 0.5) is 5.69 Å². The van der Waals surface area contributed by atoms with Gasteiger partial charge in [-0.3, -0.25) is 0 Å². The SMILES string of the molecule is CCOc1cccc(N2CCNC(CC)C2)c1. The molecule has 0 radical (unpaired) electrons. The molecule has 17 heavy (non-hydrogen) atoms. The van der Waals surface area contributed by atoms with Crippen molar-refractivity contribution in [3.05, 3.63) is 24.3 Å². The summed E-state index contributed by atoms with van der Waals surface area (Å²) in [4.78, 5) is 2.44. The second-order valence-corrected chi connectivity index (χ2v) is 4.44. The van der Waals surface area contributed by atoms with Crippen LogP contribution in [0.3, 0.4) is 0 Å². The van der Waals surface area contributed by atoms with E-state index in [1.54, 1.807) is 0 Å². The van der Waals surface area contributed by atoms with E-state index in [2.05, 4.69) is 35.3 Å². The van der Waals surface area contributed by atoms with E-state index in [0.29, 0.717) is 6.04 Å². The minimum atomic E-state index is 0.611. The van der Waals surface area contributed by atoms with E-state index in [4.69, 9.17) is 4.74 Å². The summed E-state index contributed by atoms with van der Waals surface area (Å²) in [7, 11) is 0. The molecular formula is C14H22N2O. The Balaban J connectivity index is 2.07. The van der Waals surface area contributed by atoms with E-state index < -0.39 is 0 Å². The summed E-state index contributed by atoms with van der Waals surface area (Å²) in [5.74, 6) is 0.969. The lowest BCUT2D eigenvalue weighted by Gasteiger charge is -2.35. The topological polar surface area (TPSA) is 24.5 Å². The molecule has 1 saturated heterocycles. The van der Waals surface area contributed by atoms with Crippen LogP contribution < -0.4 is 15.0 Å². The fourth-order valence-corrected chi connectivity index (χ4v) is 2.27. The van der Waals surface area contributed by atoms with Crippen LogP contribution in [0.15, 0.2) is 24.3 Å². The Morgan fingerprint density at radius 1 is 1.41 bits per heavy atom. The van der Waals surface area contributed by atoms with Crippen LogP contribution in [0.2, 0.25) is 0 Å². The smallest absolute Gasteiger partial charge is 0.121 e. The number of piperazine rings is 1. The zero-order chi connectivity index (χ0) is 12.1. The first-order chi connectivity index (χ1) is 8.33.